The summed E-state index contributed by atoms with van der Waals surface area (Å²) in [6.07, 6.45) is 7.27. The third-order valence-corrected chi connectivity index (χ3v) is 8.74. The molecule has 0 aromatic rings. The molecule has 0 saturated carbocycles. The van der Waals surface area contributed by atoms with E-state index in [2.05, 4.69) is 20.1 Å². The van der Waals surface area contributed by atoms with Crippen LogP contribution in [0.1, 0.15) is 66.2 Å². The first-order valence-electron chi connectivity index (χ1n) is 13.5. The van der Waals surface area contributed by atoms with E-state index in [0.717, 1.165) is 19.3 Å². The van der Waals surface area contributed by atoms with Gasteiger partial charge in [-0.2, -0.15) is 0 Å². The van der Waals surface area contributed by atoms with E-state index in [1.807, 2.05) is 20.8 Å². The molecule has 0 aliphatic carbocycles. The molecule has 3 aliphatic rings. The fourth-order valence-corrected chi connectivity index (χ4v) is 6.67. The highest BCUT2D eigenvalue weighted by Crippen LogP contribution is 2.65. The minimum Gasteiger partial charge on any atom is -0.461 e. The van der Waals surface area contributed by atoms with Crippen LogP contribution in [0.4, 0.5) is 0 Å². The molecule has 202 valence electrons. The lowest BCUT2D eigenvalue weighted by atomic mass is 9.65. The summed E-state index contributed by atoms with van der Waals surface area (Å²) in [7, 11) is 0. The van der Waals surface area contributed by atoms with E-state index in [-0.39, 0.29) is 30.9 Å². The second-order valence-electron chi connectivity index (χ2n) is 10.6. The fourth-order valence-electron chi connectivity index (χ4n) is 6.67. The molecule has 1 N–H and O–H groups in total. The predicted octanol–water partition coefficient (Wildman–Crippen LogP) is 3.09. The molecule has 36 heavy (non-hydrogen) atoms. The normalized spacial score (nSPS) is 32.2. The molecule has 1 spiro atoms. The molecule has 0 radical (unpaired) electrons. The summed E-state index contributed by atoms with van der Waals surface area (Å²) in [6, 6.07) is -1.47. The number of rotatable bonds is 14. The third kappa shape index (κ3) is 4.40. The van der Waals surface area contributed by atoms with E-state index in [4.69, 9.17) is 9.47 Å². The number of esters is 1. The highest BCUT2D eigenvalue weighted by molar-refractivity contribution is 5.98. The Labute approximate surface area is 215 Å². The first kappa shape index (κ1) is 28.4. The van der Waals surface area contributed by atoms with Crippen LogP contribution < -0.4 is 0 Å². The van der Waals surface area contributed by atoms with Crippen molar-refractivity contribution in [2.75, 3.05) is 26.3 Å². The van der Waals surface area contributed by atoms with Crippen molar-refractivity contribution >= 4 is 17.8 Å². The van der Waals surface area contributed by atoms with E-state index in [0.29, 0.717) is 32.4 Å². The Hall–Kier alpha value is -2.19. The van der Waals surface area contributed by atoms with Gasteiger partial charge in [0.2, 0.25) is 11.8 Å². The molecule has 3 aliphatic heterocycles. The van der Waals surface area contributed by atoms with E-state index in [1.54, 1.807) is 15.9 Å². The summed E-state index contributed by atoms with van der Waals surface area (Å²) in [5.41, 5.74) is -1.98. The van der Waals surface area contributed by atoms with Crippen LogP contribution in [0.15, 0.2) is 25.3 Å². The number of fused-ring (bicyclic) bond motifs is 1. The summed E-state index contributed by atoms with van der Waals surface area (Å²) >= 11 is 0. The number of aliphatic hydroxyl groups is 1. The molecule has 0 aromatic carbocycles. The van der Waals surface area contributed by atoms with Crippen molar-refractivity contribution in [3.63, 3.8) is 0 Å². The number of carbonyl (C=O) groups excluding carboxylic acids is 3. The minimum absolute atomic E-state index is 0.0449. The van der Waals surface area contributed by atoms with Crippen LogP contribution in [0.3, 0.4) is 0 Å². The summed E-state index contributed by atoms with van der Waals surface area (Å²) in [4.78, 5) is 45.2. The lowest BCUT2D eigenvalue weighted by molar-refractivity contribution is -0.163. The molecule has 7 atom stereocenters. The average molecular weight is 505 g/mol. The van der Waals surface area contributed by atoms with Gasteiger partial charge in [0.15, 0.2) is 0 Å². The predicted molar refractivity (Wildman–Crippen MR) is 137 cm³/mol. The van der Waals surface area contributed by atoms with Gasteiger partial charge in [-0.1, -0.05) is 59.3 Å². The molecule has 8 heteroatoms. The summed E-state index contributed by atoms with van der Waals surface area (Å²) in [5, 5.41) is 10.4. The number of unbranched alkanes of at least 4 members (excludes halogenated alkanes) is 1. The van der Waals surface area contributed by atoms with Crippen LogP contribution in [-0.4, -0.2) is 82.3 Å². The number of hydrogen-bond donors (Lipinski definition) is 1. The van der Waals surface area contributed by atoms with Crippen LogP contribution in [0.25, 0.3) is 0 Å². The highest BCUT2D eigenvalue weighted by Gasteiger charge is 2.79. The maximum atomic E-state index is 14.3. The summed E-state index contributed by atoms with van der Waals surface area (Å²) in [6.45, 7) is 16.1. The van der Waals surface area contributed by atoms with Crippen LogP contribution in [0.2, 0.25) is 0 Å². The molecule has 3 rings (SSSR count). The van der Waals surface area contributed by atoms with Gasteiger partial charge in [0.05, 0.1) is 24.2 Å². The zero-order valence-corrected chi connectivity index (χ0v) is 22.4. The van der Waals surface area contributed by atoms with E-state index in [9.17, 15) is 19.5 Å². The first-order valence-corrected chi connectivity index (χ1v) is 13.5. The molecule has 3 fully saturated rings. The van der Waals surface area contributed by atoms with Crippen molar-refractivity contribution in [1.82, 2.24) is 9.80 Å². The van der Waals surface area contributed by atoms with E-state index in [1.165, 1.54) is 6.08 Å². The van der Waals surface area contributed by atoms with Gasteiger partial charge in [-0.15, -0.1) is 6.58 Å². The van der Waals surface area contributed by atoms with Gasteiger partial charge in [-0.05, 0) is 31.6 Å². The van der Waals surface area contributed by atoms with Gasteiger partial charge < -0.3 is 24.4 Å². The molecule has 8 nitrogen and oxygen atoms in total. The van der Waals surface area contributed by atoms with Gasteiger partial charge in [-0.25, -0.2) is 0 Å². The quantitative estimate of drug-likeness (QED) is 0.289. The average Bonchev–Trinajstić information content (AvgIpc) is 3.49. The maximum absolute atomic E-state index is 14.3. The van der Waals surface area contributed by atoms with Gasteiger partial charge in [0.25, 0.3) is 0 Å². The maximum Gasteiger partial charge on any atom is 0.313 e. The van der Waals surface area contributed by atoms with Crippen molar-refractivity contribution in [2.45, 2.75) is 89.5 Å². The molecule has 2 unspecified atom stereocenters. The smallest absolute Gasteiger partial charge is 0.313 e. The zero-order chi connectivity index (χ0) is 26.7. The summed E-state index contributed by atoms with van der Waals surface area (Å²) in [5.74, 6) is -2.65. The van der Waals surface area contributed by atoms with Gasteiger partial charge in [-0.3, -0.25) is 14.4 Å². The number of aliphatic hydroxyl groups excluding tert-OH is 1. The van der Waals surface area contributed by atoms with E-state index >= 15 is 0 Å². The number of carbonyl (C=O) groups is 3. The van der Waals surface area contributed by atoms with Gasteiger partial charge in [0.1, 0.15) is 24.2 Å². The molecular formula is C28H44N2O6. The van der Waals surface area contributed by atoms with Crippen LogP contribution >= 0.6 is 0 Å². The number of likely N-dealkylation sites (tertiary alicyclic amines) is 1. The minimum atomic E-state index is -1.13. The van der Waals surface area contributed by atoms with E-state index < -0.39 is 41.1 Å². The van der Waals surface area contributed by atoms with Crippen LogP contribution in [0.5, 0.6) is 0 Å². The van der Waals surface area contributed by atoms with Crippen molar-refractivity contribution in [1.29, 1.82) is 0 Å². The Morgan fingerprint density at radius 2 is 2.00 bits per heavy atom. The van der Waals surface area contributed by atoms with Crippen molar-refractivity contribution in [2.24, 2.45) is 17.8 Å². The lowest BCUT2D eigenvalue weighted by Crippen LogP contribution is -2.60. The monoisotopic (exact) mass is 504 g/mol. The van der Waals surface area contributed by atoms with Gasteiger partial charge >= 0.3 is 5.97 Å². The number of nitrogens with zero attached hydrogens (tertiary/aromatic N) is 2. The summed E-state index contributed by atoms with van der Waals surface area (Å²) < 4.78 is 12.2. The first-order chi connectivity index (χ1) is 17.2. The molecule has 0 aromatic heterocycles. The number of amides is 2. The fraction of sp³-hybridized carbons (Fsp3) is 0.750. The molecule has 2 bridgehead atoms. The molecule has 2 amide bonds. The Kier molecular flexibility index (Phi) is 9.04. The number of hydrogen-bond acceptors (Lipinski definition) is 6. The Balaban J connectivity index is 2.15. The third-order valence-electron chi connectivity index (χ3n) is 8.74. The Bertz CT molecular complexity index is 861. The largest absolute Gasteiger partial charge is 0.461 e. The molecule has 3 saturated heterocycles. The van der Waals surface area contributed by atoms with Crippen LogP contribution in [-0.2, 0) is 23.9 Å². The topological polar surface area (TPSA) is 96.4 Å². The van der Waals surface area contributed by atoms with Crippen molar-refractivity contribution in [3.05, 3.63) is 25.3 Å². The second-order valence-corrected chi connectivity index (χ2v) is 10.6. The lowest BCUT2D eigenvalue weighted by Gasteiger charge is -2.41. The molecular weight excluding hydrogens is 460 g/mol. The standard InChI is InChI=1S/C28H44N2O6/c1-7-12-16-29(15-8-2)25(33)23-28-14-13-27(11-5,36-28)22(26(34)35-17-9-3)21(28)24(32)30(23)20(18-31)19(6)10-4/h8-9,19-23,31H,2-3,7,10-18H2,1,4-6H3/t19-,20-,21-,22-,23?,27+,28?/m0/s1. The highest BCUT2D eigenvalue weighted by atomic mass is 16.6. The molecule has 3 heterocycles. The number of ether oxygens (including phenoxy) is 2. The SMILES string of the molecule is C=CCOC(=O)[C@@H]1[C@H]2C(=O)N([C@@H](CO)[C@@H](C)CC)C(C(=O)N(CC=C)CCCC)C23CC[C@@]1(CC)O3. The second kappa shape index (κ2) is 11.5. The zero-order valence-electron chi connectivity index (χ0n) is 22.4. The van der Waals surface area contributed by atoms with Crippen molar-refractivity contribution < 1.29 is 29.0 Å². The van der Waals surface area contributed by atoms with Crippen LogP contribution in [0, 0.1) is 17.8 Å². The Morgan fingerprint density at radius 1 is 1.28 bits per heavy atom. The van der Waals surface area contributed by atoms with Crippen molar-refractivity contribution in [3.8, 4) is 0 Å². The Morgan fingerprint density at radius 3 is 2.56 bits per heavy atom. The van der Waals surface area contributed by atoms with Gasteiger partial charge in [0, 0.05) is 13.1 Å².